The molecule has 20 heavy (non-hydrogen) atoms. The van der Waals surface area contributed by atoms with Crippen LogP contribution in [0.25, 0.3) is 0 Å². The first-order valence-electron chi connectivity index (χ1n) is 8.40. The van der Waals surface area contributed by atoms with Crippen LogP contribution in [0.1, 0.15) is 58.8 Å². The van der Waals surface area contributed by atoms with Crippen LogP contribution in [0.2, 0.25) is 0 Å². The molecule has 2 heteroatoms. The fourth-order valence-electron chi connectivity index (χ4n) is 5.85. The van der Waals surface area contributed by atoms with E-state index in [1.165, 1.54) is 38.5 Å². The maximum Gasteiger partial charge on any atom is 0.166 e. The standard InChI is InChI=1S/C18H26O2/c1-17-9-4-3-5-12(17)6-7-13-14(17)8-10-18(2)15(19)11-20-16(13)18/h5,13-14,16H,3-4,6-11H2,1-2H3/t13-,14+,16+,17+,18-/m1/s1. The van der Waals surface area contributed by atoms with Crippen molar-refractivity contribution in [3.63, 3.8) is 0 Å². The number of carbonyl (C=O) groups is 1. The van der Waals surface area contributed by atoms with Gasteiger partial charge in [-0.25, -0.2) is 0 Å². The number of fused-ring (bicyclic) bond motifs is 5. The summed E-state index contributed by atoms with van der Waals surface area (Å²) < 4.78 is 6.00. The molecule has 0 N–H and O–H groups in total. The van der Waals surface area contributed by atoms with Crippen LogP contribution in [-0.2, 0) is 9.53 Å². The minimum absolute atomic E-state index is 0.173. The third-order valence-corrected chi connectivity index (χ3v) is 7.13. The summed E-state index contributed by atoms with van der Waals surface area (Å²) in [5.74, 6) is 1.71. The molecule has 0 bridgehead atoms. The zero-order valence-corrected chi connectivity index (χ0v) is 12.8. The third kappa shape index (κ3) is 1.52. The Labute approximate surface area is 122 Å². The lowest BCUT2D eigenvalue weighted by atomic mass is 9.49. The van der Waals surface area contributed by atoms with E-state index in [0.29, 0.717) is 23.7 Å². The normalized spacial score (nSPS) is 51.0. The number of allylic oxidation sites excluding steroid dienone is 2. The SMILES string of the molecule is C[C@]12CCCC=C1CC[C@@H]1[C@@H]2CC[C@]2(C)C(=O)CO[C@@H]12. The van der Waals surface area contributed by atoms with Gasteiger partial charge in [-0.15, -0.1) is 0 Å². The molecule has 4 rings (SSSR count). The number of ether oxygens (including phenoxy) is 1. The fraction of sp³-hybridized carbons (Fsp3) is 0.833. The van der Waals surface area contributed by atoms with E-state index >= 15 is 0 Å². The third-order valence-electron chi connectivity index (χ3n) is 7.13. The van der Waals surface area contributed by atoms with Gasteiger partial charge >= 0.3 is 0 Å². The predicted octanol–water partition coefficient (Wildman–Crippen LogP) is 3.90. The van der Waals surface area contributed by atoms with Crippen molar-refractivity contribution < 1.29 is 9.53 Å². The van der Waals surface area contributed by atoms with Gasteiger partial charge in [0.05, 0.1) is 11.5 Å². The molecule has 1 heterocycles. The van der Waals surface area contributed by atoms with Crippen LogP contribution in [0, 0.1) is 22.7 Å². The number of Topliss-reactive ketones (excluding diaryl/α,β-unsaturated/α-hetero) is 1. The molecule has 3 fully saturated rings. The van der Waals surface area contributed by atoms with E-state index in [4.69, 9.17) is 4.74 Å². The summed E-state index contributed by atoms with van der Waals surface area (Å²) >= 11 is 0. The summed E-state index contributed by atoms with van der Waals surface area (Å²) in [7, 11) is 0. The summed E-state index contributed by atoms with van der Waals surface area (Å²) in [6.07, 6.45) is 11.4. The van der Waals surface area contributed by atoms with E-state index in [1.54, 1.807) is 5.57 Å². The minimum atomic E-state index is -0.173. The molecule has 0 aromatic heterocycles. The lowest BCUT2D eigenvalue weighted by Crippen LogP contribution is -2.53. The maximum atomic E-state index is 12.2. The molecule has 1 saturated heterocycles. The predicted molar refractivity (Wildman–Crippen MR) is 78.3 cm³/mol. The van der Waals surface area contributed by atoms with Crippen molar-refractivity contribution in [2.75, 3.05) is 6.61 Å². The van der Waals surface area contributed by atoms with Crippen molar-refractivity contribution in [3.05, 3.63) is 11.6 Å². The number of hydrogen-bond donors (Lipinski definition) is 0. The summed E-state index contributed by atoms with van der Waals surface area (Å²) in [5, 5.41) is 0. The van der Waals surface area contributed by atoms with Crippen molar-refractivity contribution in [1.29, 1.82) is 0 Å². The largest absolute Gasteiger partial charge is 0.369 e. The van der Waals surface area contributed by atoms with Crippen molar-refractivity contribution >= 4 is 5.78 Å². The van der Waals surface area contributed by atoms with Gasteiger partial charge in [-0.2, -0.15) is 0 Å². The second-order valence-corrected chi connectivity index (χ2v) is 7.96. The van der Waals surface area contributed by atoms with Crippen LogP contribution >= 0.6 is 0 Å². The molecule has 0 amide bonds. The highest BCUT2D eigenvalue weighted by atomic mass is 16.5. The molecule has 2 saturated carbocycles. The van der Waals surface area contributed by atoms with Crippen LogP contribution < -0.4 is 0 Å². The Balaban J connectivity index is 1.70. The molecule has 3 aliphatic carbocycles. The quantitative estimate of drug-likeness (QED) is 0.626. The van der Waals surface area contributed by atoms with Gasteiger partial charge in [0.15, 0.2) is 5.78 Å². The number of ketones is 1. The monoisotopic (exact) mass is 274 g/mol. The van der Waals surface area contributed by atoms with Gasteiger partial charge in [0, 0.05) is 0 Å². The zero-order chi connectivity index (χ0) is 14.0. The van der Waals surface area contributed by atoms with Gasteiger partial charge in [0.25, 0.3) is 0 Å². The second kappa shape index (κ2) is 4.19. The van der Waals surface area contributed by atoms with Crippen LogP contribution in [-0.4, -0.2) is 18.5 Å². The second-order valence-electron chi connectivity index (χ2n) is 7.96. The molecule has 0 spiro atoms. The van der Waals surface area contributed by atoms with Crippen LogP contribution in [0.3, 0.4) is 0 Å². The first-order chi connectivity index (χ1) is 9.56. The van der Waals surface area contributed by atoms with Gasteiger partial charge in [-0.3, -0.25) is 4.79 Å². The molecule has 0 aromatic carbocycles. The summed E-state index contributed by atoms with van der Waals surface area (Å²) in [6, 6.07) is 0. The Bertz CT molecular complexity index is 480. The van der Waals surface area contributed by atoms with E-state index in [1.807, 2.05) is 0 Å². The first kappa shape index (κ1) is 13.1. The van der Waals surface area contributed by atoms with Gasteiger partial charge in [0.1, 0.15) is 6.61 Å². The van der Waals surface area contributed by atoms with Crippen molar-refractivity contribution in [2.24, 2.45) is 22.7 Å². The van der Waals surface area contributed by atoms with Gasteiger partial charge in [0.2, 0.25) is 0 Å². The molecule has 1 aliphatic heterocycles. The topological polar surface area (TPSA) is 26.3 Å². The highest BCUT2D eigenvalue weighted by Gasteiger charge is 2.59. The Kier molecular flexibility index (Phi) is 2.74. The number of rotatable bonds is 0. The summed E-state index contributed by atoms with van der Waals surface area (Å²) in [5.41, 5.74) is 1.95. The highest BCUT2D eigenvalue weighted by molar-refractivity contribution is 5.88. The molecule has 0 radical (unpaired) electrons. The smallest absolute Gasteiger partial charge is 0.166 e. The zero-order valence-electron chi connectivity index (χ0n) is 12.8. The van der Waals surface area contributed by atoms with Crippen LogP contribution in [0.5, 0.6) is 0 Å². The Morgan fingerprint density at radius 3 is 2.90 bits per heavy atom. The lowest BCUT2D eigenvalue weighted by molar-refractivity contribution is -0.130. The van der Waals surface area contributed by atoms with Crippen molar-refractivity contribution in [3.8, 4) is 0 Å². The maximum absolute atomic E-state index is 12.2. The molecular weight excluding hydrogens is 248 g/mol. The van der Waals surface area contributed by atoms with Gasteiger partial charge in [-0.05, 0) is 62.2 Å². The molecule has 5 atom stereocenters. The van der Waals surface area contributed by atoms with Crippen LogP contribution in [0.4, 0.5) is 0 Å². The van der Waals surface area contributed by atoms with Crippen molar-refractivity contribution in [1.82, 2.24) is 0 Å². The van der Waals surface area contributed by atoms with Crippen molar-refractivity contribution in [2.45, 2.75) is 64.9 Å². The average Bonchev–Trinajstić information content (AvgIpc) is 2.74. The average molecular weight is 274 g/mol. The van der Waals surface area contributed by atoms with Crippen LogP contribution in [0.15, 0.2) is 11.6 Å². The summed E-state index contributed by atoms with van der Waals surface area (Å²) in [6.45, 7) is 5.02. The molecule has 110 valence electrons. The molecule has 2 nitrogen and oxygen atoms in total. The van der Waals surface area contributed by atoms with E-state index in [0.717, 1.165) is 12.3 Å². The Hall–Kier alpha value is -0.630. The van der Waals surface area contributed by atoms with E-state index in [9.17, 15) is 4.79 Å². The number of hydrogen-bond acceptors (Lipinski definition) is 2. The minimum Gasteiger partial charge on any atom is -0.369 e. The van der Waals surface area contributed by atoms with E-state index < -0.39 is 0 Å². The first-order valence-corrected chi connectivity index (χ1v) is 8.40. The molecule has 0 unspecified atom stereocenters. The fourth-order valence-corrected chi connectivity index (χ4v) is 5.85. The van der Waals surface area contributed by atoms with E-state index in [2.05, 4.69) is 19.9 Å². The highest BCUT2D eigenvalue weighted by Crippen LogP contribution is 2.61. The summed E-state index contributed by atoms with van der Waals surface area (Å²) in [4.78, 5) is 12.2. The Morgan fingerprint density at radius 1 is 1.20 bits per heavy atom. The molecular formula is C18H26O2. The lowest BCUT2D eigenvalue weighted by Gasteiger charge is -2.56. The number of carbonyl (C=O) groups excluding carboxylic acids is 1. The molecule has 4 aliphatic rings. The van der Waals surface area contributed by atoms with E-state index in [-0.39, 0.29) is 11.5 Å². The van der Waals surface area contributed by atoms with Gasteiger partial charge < -0.3 is 4.74 Å². The Morgan fingerprint density at radius 2 is 2.05 bits per heavy atom. The van der Waals surface area contributed by atoms with Gasteiger partial charge in [-0.1, -0.05) is 25.5 Å². The molecule has 0 aromatic rings.